The first-order chi connectivity index (χ1) is 11.2. The number of nitrogens with one attached hydrogen (secondary N) is 2. The largest absolute Gasteiger partial charge is 0.494 e. The second-order valence-corrected chi connectivity index (χ2v) is 6.05. The maximum absolute atomic E-state index is 6.12. The molecule has 0 fully saturated rings. The third-order valence-corrected chi connectivity index (χ3v) is 3.86. The van der Waals surface area contributed by atoms with Gasteiger partial charge >= 0.3 is 0 Å². The van der Waals surface area contributed by atoms with Gasteiger partial charge in [-0.1, -0.05) is 42.6 Å². The molecule has 0 aliphatic carbocycles. The quantitative estimate of drug-likeness (QED) is 0.568. The summed E-state index contributed by atoms with van der Waals surface area (Å²) in [5.74, 6) is 0.897. The van der Waals surface area contributed by atoms with Gasteiger partial charge < -0.3 is 15.4 Å². The molecule has 5 heteroatoms. The van der Waals surface area contributed by atoms with Crippen molar-refractivity contribution in [2.75, 3.05) is 30.3 Å². The van der Waals surface area contributed by atoms with Gasteiger partial charge in [-0.3, -0.25) is 0 Å². The van der Waals surface area contributed by atoms with E-state index in [0.29, 0.717) is 10.0 Å². The lowest BCUT2D eigenvalue weighted by atomic mass is 10.3. The molecular formula is C18H22Cl2N2O. The Hall–Kier alpha value is -1.58. The van der Waals surface area contributed by atoms with E-state index in [1.807, 2.05) is 30.3 Å². The molecule has 0 bridgehead atoms. The molecule has 0 amide bonds. The van der Waals surface area contributed by atoms with E-state index in [1.54, 1.807) is 12.1 Å². The van der Waals surface area contributed by atoms with Gasteiger partial charge in [0.05, 0.1) is 17.3 Å². The monoisotopic (exact) mass is 352 g/mol. The summed E-state index contributed by atoms with van der Waals surface area (Å²) >= 11 is 12.1. The van der Waals surface area contributed by atoms with Gasteiger partial charge in [-0.25, -0.2) is 0 Å². The molecule has 2 aromatic rings. The maximum Gasteiger partial charge on any atom is 0.121 e. The first kappa shape index (κ1) is 17.8. The highest BCUT2D eigenvalue weighted by molar-refractivity contribution is 6.35. The fourth-order valence-corrected chi connectivity index (χ4v) is 2.42. The van der Waals surface area contributed by atoms with Crippen LogP contribution in [0.25, 0.3) is 0 Å². The first-order valence-corrected chi connectivity index (χ1v) is 8.60. The predicted octanol–water partition coefficient (Wildman–Crippen LogP) is 5.70. The van der Waals surface area contributed by atoms with E-state index in [4.69, 9.17) is 27.9 Å². The molecule has 0 saturated carbocycles. The highest BCUT2D eigenvalue weighted by atomic mass is 35.5. The number of unbranched alkanes of at least 4 members (excludes halogenated alkanes) is 1. The summed E-state index contributed by atoms with van der Waals surface area (Å²) in [6.45, 7) is 4.41. The molecule has 0 radical (unpaired) electrons. The SMILES string of the molecule is CCCCOc1cccc(NCCNc2cc(Cl)ccc2Cl)c1. The van der Waals surface area contributed by atoms with E-state index in [2.05, 4.69) is 17.6 Å². The highest BCUT2D eigenvalue weighted by Gasteiger charge is 2.01. The smallest absolute Gasteiger partial charge is 0.121 e. The lowest BCUT2D eigenvalue weighted by Gasteiger charge is -2.12. The van der Waals surface area contributed by atoms with Crippen molar-refractivity contribution in [1.29, 1.82) is 0 Å². The van der Waals surface area contributed by atoms with Crippen LogP contribution in [0.3, 0.4) is 0 Å². The zero-order valence-electron chi connectivity index (χ0n) is 13.2. The Bertz CT molecular complexity index is 620. The molecule has 0 heterocycles. The molecule has 3 nitrogen and oxygen atoms in total. The fraction of sp³-hybridized carbons (Fsp3) is 0.333. The molecule has 2 N–H and O–H groups in total. The van der Waals surface area contributed by atoms with E-state index in [0.717, 1.165) is 49.7 Å². The number of rotatable bonds is 9. The summed E-state index contributed by atoms with van der Waals surface area (Å²) in [5, 5.41) is 7.97. The van der Waals surface area contributed by atoms with Gasteiger partial charge in [-0.2, -0.15) is 0 Å². The Morgan fingerprint density at radius 2 is 1.83 bits per heavy atom. The van der Waals surface area contributed by atoms with E-state index in [1.165, 1.54) is 0 Å². The Morgan fingerprint density at radius 3 is 2.65 bits per heavy atom. The highest BCUT2D eigenvalue weighted by Crippen LogP contribution is 2.25. The standard InChI is InChI=1S/C18H22Cl2N2O/c1-2-3-11-23-16-6-4-5-15(13-16)21-9-10-22-18-12-14(19)7-8-17(18)20/h4-8,12-13,21-22H,2-3,9-11H2,1H3. The van der Waals surface area contributed by atoms with Gasteiger partial charge in [0.25, 0.3) is 0 Å². The van der Waals surface area contributed by atoms with Gasteiger partial charge in [0, 0.05) is 29.9 Å². The molecular weight excluding hydrogens is 331 g/mol. The summed E-state index contributed by atoms with van der Waals surface area (Å²) in [4.78, 5) is 0. The van der Waals surface area contributed by atoms with Crippen molar-refractivity contribution >= 4 is 34.6 Å². The normalized spacial score (nSPS) is 10.4. The van der Waals surface area contributed by atoms with E-state index >= 15 is 0 Å². The average Bonchev–Trinajstić information content (AvgIpc) is 2.55. The van der Waals surface area contributed by atoms with Gasteiger partial charge in [-0.05, 0) is 36.8 Å². The lowest BCUT2D eigenvalue weighted by molar-refractivity contribution is 0.309. The van der Waals surface area contributed by atoms with Crippen LogP contribution in [0.4, 0.5) is 11.4 Å². The molecule has 2 aromatic carbocycles. The number of benzene rings is 2. The van der Waals surface area contributed by atoms with Gasteiger partial charge in [-0.15, -0.1) is 0 Å². The van der Waals surface area contributed by atoms with Crippen molar-refractivity contribution in [2.45, 2.75) is 19.8 Å². The topological polar surface area (TPSA) is 33.3 Å². The number of hydrogen-bond acceptors (Lipinski definition) is 3. The van der Waals surface area contributed by atoms with Crippen molar-refractivity contribution < 1.29 is 4.74 Å². The Balaban J connectivity index is 1.77. The van der Waals surface area contributed by atoms with Crippen LogP contribution < -0.4 is 15.4 Å². The predicted molar refractivity (Wildman–Crippen MR) is 100 cm³/mol. The van der Waals surface area contributed by atoms with Crippen LogP contribution in [0.15, 0.2) is 42.5 Å². The fourth-order valence-electron chi connectivity index (χ4n) is 2.07. The summed E-state index contributed by atoms with van der Waals surface area (Å²) in [5.41, 5.74) is 1.88. The maximum atomic E-state index is 6.12. The minimum Gasteiger partial charge on any atom is -0.494 e. The van der Waals surface area contributed by atoms with Crippen molar-refractivity contribution in [1.82, 2.24) is 0 Å². The zero-order valence-corrected chi connectivity index (χ0v) is 14.8. The molecule has 0 unspecified atom stereocenters. The van der Waals surface area contributed by atoms with E-state index < -0.39 is 0 Å². The second kappa shape index (κ2) is 9.53. The molecule has 124 valence electrons. The molecule has 0 aromatic heterocycles. The Kier molecular flexibility index (Phi) is 7.37. The lowest BCUT2D eigenvalue weighted by Crippen LogP contribution is -2.13. The van der Waals surface area contributed by atoms with Gasteiger partial charge in [0.1, 0.15) is 5.75 Å². The van der Waals surface area contributed by atoms with Crippen LogP contribution in [0.2, 0.25) is 10.0 Å². The first-order valence-electron chi connectivity index (χ1n) is 7.84. The van der Waals surface area contributed by atoms with Crippen molar-refractivity contribution in [3.05, 3.63) is 52.5 Å². The van der Waals surface area contributed by atoms with Crippen LogP contribution >= 0.6 is 23.2 Å². The third kappa shape index (κ3) is 6.20. The van der Waals surface area contributed by atoms with Crippen molar-refractivity contribution in [2.24, 2.45) is 0 Å². The van der Waals surface area contributed by atoms with Gasteiger partial charge in [0.2, 0.25) is 0 Å². The molecule has 0 atom stereocenters. The summed E-state index contributed by atoms with van der Waals surface area (Å²) < 4.78 is 5.70. The van der Waals surface area contributed by atoms with Crippen LogP contribution in [0, 0.1) is 0 Å². The summed E-state index contributed by atoms with van der Waals surface area (Å²) in [6, 6.07) is 13.4. The number of anilines is 2. The average molecular weight is 353 g/mol. The number of halogens is 2. The molecule has 0 spiro atoms. The van der Waals surface area contributed by atoms with Crippen LogP contribution in [-0.2, 0) is 0 Å². The third-order valence-electron chi connectivity index (χ3n) is 3.30. The minimum atomic E-state index is 0.667. The molecule has 23 heavy (non-hydrogen) atoms. The van der Waals surface area contributed by atoms with Crippen molar-refractivity contribution in [3.8, 4) is 5.75 Å². The second-order valence-electron chi connectivity index (χ2n) is 5.21. The Morgan fingerprint density at radius 1 is 1.00 bits per heavy atom. The van der Waals surface area contributed by atoms with E-state index in [-0.39, 0.29) is 0 Å². The number of hydrogen-bond donors (Lipinski definition) is 2. The summed E-state index contributed by atoms with van der Waals surface area (Å²) in [6.07, 6.45) is 2.21. The molecule has 0 saturated heterocycles. The Labute approximate surface area is 147 Å². The number of ether oxygens (including phenoxy) is 1. The molecule has 0 aliphatic rings. The van der Waals surface area contributed by atoms with Crippen LogP contribution in [0.1, 0.15) is 19.8 Å². The van der Waals surface area contributed by atoms with E-state index in [9.17, 15) is 0 Å². The van der Waals surface area contributed by atoms with Crippen LogP contribution in [0.5, 0.6) is 5.75 Å². The molecule has 0 aliphatic heterocycles. The summed E-state index contributed by atoms with van der Waals surface area (Å²) in [7, 11) is 0. The van der Waals surface area contributed by atoms with Crippen molar-refractivity contribution in [3.63, 3.8) is 0 Å². The molecule has 2 rings (SSSR count). The van der Waals surface area contributed by atoms with Gasteiger partial charge in [0.15, 0.2) is 0 Å². The van der Waals surface area contributed by atoms with Crippen LogP contribution in [-0.4, -0.2) is 19.7 Å². The zero-order chi connectivity index (χ0) is 16.5. The minimum absolute atomic E-state index is 0.667.